The highest BCUT2D eigenvalue weighted by molar-refractivity contribution is 5.54. The topological polar surface area (TPSA) is 43.3 Å². The molecule has 2 heterocycles. The summed E-state index contributed by atoms with van der Waals surface area (Å²) in [5.74, 6) is 0.321. The normalized spacial score (nSPS) is 13.4. The number of imidazole rings is 1. The molecule has 74 valence electrons. The summed E-state index contributed by atoms with van der Waals surface area (Å²) in [7, 11) is 0. The van der Waals surface area contributed by atoms with Gasteiger partial charge in [-0.1, -0.05) is 6.92 Å². The quantitative estimate of drug-likeness (QED) is 0.781. The first kappa shape index (κ1) is 9.21. The Balaban J connectivity index is 2.61. The molecule has 2 aromatic rings. The van der Waals surface area contributed by atoms with Gasteiger partial charge in [0, 0.05) is 18.7 Å². The fourth-order valence-electron chi connectivity index (χ4n) is 1.61. The van der Waals surface area contributed by atoms with E-state index in [0.29, 0.717) is 12.5 Å². The van der Waals surface area contributed by atoms with Crippen LogP contribution in [0.15, 0.2) is 24.7 Å². The van der Waals surface area contributed by atoms with Crippen LogP contribution in [0.3, 0.4) is 0 Å². The lowest BCUT2D eigenvalue weighted by atomic mass is 10.1. The molecule has 0 aliphatic heterocycles. The Labute approximate surface area is 83.6 Å². The molecule has 2 N–H and O–H groups in total. The van der Waals surface area contributed by atoms with Crippen molar-refractivity contribution in [3.05, 3.63) is 35.9 Å². The van der Waals surface area contributed by atoms with E-state index >= 15 is 0 Å². The number of nitrogens with zero attached hydrogens (tertiary/aromatic N) is 2. The summed E-state index contributed by atoms with van der Waals surface area (Å²) in [6.07, 6.45) is 3.88. The van der Waals surface area contributed by atoms with E-state index in [1.807, 2.05) is 16.9 Å². The number of hydrogen-bond donors (Lipinski definition) is 1. The van der Waals surface area contributed by atoms with Crippen molar-refractivity contribution in [1.29, 1.82) is 0 Å². The Morgan fingerprint density at radius 1 is 1.57 bits per heavy atom. The summed E-state index contributed by atoms with van der Waals surface area (Å²) in [5.41, 5.74) is 9.16. The molecule has 0 aliphatic carbocycles. The van der Waals surface area contributed by atoms with Crippen LogP contribution < -0.4 is 5.73 Å². The maximum atomic E-state index is 5.64. The van der Waals surface area contributed by atoms with Crippen molar-refractivity contribution in [3.8, 4) is 0 Å². The zero-order valence-electron chi connectivity index (χ0n) is 8.57. The molecule has 3 nitrogen and oxygen atoms in total. The summed E-state index contributed by atoms with van der Waals surface area (Å²) < 4.78 is 2.04. The fraction of sp³-hybridized carbons (Fsp3) is 0.364. The number of rotatable bonds is 2. The lowest BCUT2D eigenvalue weighted by molar-refractivity contribution is 0.757. The summed E-state index contributed by atoms with van der Waals surface area (Å²) >= 11 is 0. The minimum Gasteiger partial charge on any atom is -0.330 e. The van der Waals surface area contributed by atoms with Gasteiger partial charge in [-0.05, 0) is 24.6 Å². The van der Waals surface area contributed by atoms with Crippen LogP contribution in [-0.2, 0) is 0 Å². The highest BCUT2D eigenvalue weighted by Crippen LogP contribution is 2.19. The number of fused-ring (bicyclic) bond motifs is 1. The Kier molecular flexibility index (Phi) is 2.25. The summed E-state index contributed by atoms with van der Waals surface area (Å²) in [4.78, 5) is 4.39. The van der Waals surface area contributed by atoms with Gasteiger partial charge in [0.2, 0.25) is 0 Å². The zero-order chi connectivity index (χ0) is 10.1. The molecule has 2 aromatic heterocycles. The number of aromatic nitrogens is 2. The van der Waals surface area contributed by atoms with E-state index in [-0.39, 0.29) is 0 Å². The standard InChI is InChI=1S/C11H15N3/c1-8-3-4-14-7-13-11(9(2)6-12)10(14)5-8/h3-5,7,9H,6,12H2,1-2H3. The smallest absolute Gasteiger partial charge is 0.0995 e. The van der Waals surface area contributed by atoms with Gasteiger partial charge in [-0.3, -0.25) is 0 Å². The molecule has 0 aliphatic rings. The fourth-order valence-corrected chi connectivity index (χ4v) is 1.61. The number of hydrogen-bond acceptors (Lipinski definition) is 2. The third-order valence-corrected chi connectivity index (χ3v) is 2.54. The highest BCUT2D eigenvalue weighted by Gasteiger charge is 2.10. The second-order valence-electron chi connectivity index (χ2n) is 3.76. The summed E-state index contributed by atoms with van der Waals surface area (Å²) in [6, 6.07) is 4.22. The minimum atomic E-state index is 0.321. The van der Waals surface area contributed by atoms with E-state index in [2.05, 4.69) is 31.0 Å². The van der Waals surface area contributed by atoms with E-state index in [1.54, 1.807) is 0 Å². The van der Waals surface area contributed by atoms with Crippen LogP contribution in [0.25, 0.3) is 5.52 Å². The molecule has 0 saturated heterocycles. The van der Waals surface area contributed by atoms with Crippen LogP contribution in [0, 0.1) is 6.92 Å². The average Bonchev–Trinajstić information content (AvgIpc) is 2.59. The second-order valence-corrected chi connectivity index (χ2v) is 3.76. The molecule has 1 atom stereocenters. The molecule has 2 rings (SSSR count). The number of nitrogens with two attached hydrogens (primary N) is 1. The molecular weight excluding hydrogens is 174 g/mol. The van der Waals surface area contributed by atoms with Gasteiger partial charge in [-0.25, -0.2) is 4.98 Å². The van der Waals surface area contributed by atoms with Gasteiger partial charge < -0.3 is 10.1 Å². The van der Waals surface area contributed by atoms with Crippen LogP contribution in [0.2, 0.25) is 0 Å². The molecule has 0 fully saturated rings. The van der Waals surface area contributed by atoms with Crippen LogP contribution in [0.1, 0.15) is 24.1 Å². The summed E-state index contributed by atoms with van der Waals surface area (Å²) in [6.45, 7) is 4.83. The van der Waals surface area contributed by atoms with Crippen molar-refractivity contribution in [1.82, 2.24) is 9.38 Å². The predicted molar refractivity (Wildman–Crippen MR) is 57.4 cm³/mol. The highest BCUT2D eigenvalue weighted by atomic mass is 15.0. The first-order valence-electron chi connectivity index (χ1n) is 4.85. The van der Waals surface area contributed by atoms with Crippen molar-refractivity contribution in [2.75, 3.05) is 6.54 Å². The van der Waals surface area contributed by atoms with Crippen LogP contribution in [0.4, 0.5) is 0 Å². The molecule has 0 aromatic carbocycles. The molecule has 0 radical (unpaired) electrons. The van der Waals surface area contributed by atoms with Gasteiger partial charge >= 0.3 is 0 Å². The van der Waals surface area contributed by atoms with E-state index < -0.39 is 0 Å². The Morgan fingerprint density at radius 2 is 2.36 bits per heavy atom. The minimum absolute atomic E-state index is 0.321. The molecule has 1 unspecified atom stereocenters. The molecular formula is C11H15N3. The van der Waals surface area contributed by atoms with Crippen molar-refractivity contribution < 1.29 is 0 Å². The maximum absolute atomic E-state index is 5.64. The van der Waals surface area contributed by atoms with Gasteiger partial charge in [-0.2, -0.15) is 0 Å². The lowest BCUT2D eigenvalue weighted by Gasteiger charge is -2.05. The van der Waals surface area contributed by atoms with E-state index in [9.17, 15) is 0 Å². The Morgan fingerprint density at radius 3 is 3.07 bits per heavy atom. The Bertz CT molecular complexity index is 445. The Hall–Kier alpha value is -1.35. The average molecular weight is 189 g/mol. The van der Waals surface area contributed by atoms with Gasteiger partial charge in [0.05, 0.1) is 17.5 Å². The van der Waals surface area contributed by atoms with Crippen molar-refractivity contribution in [3.63, 3.8) is 0 Å². The van der Waals surface area contributed by atoms with Crippen molar-refractivity contribution in [2.24, 2.45) is 5.73 Å². The molecule has 14 heavy (non-hydrogen) atoms. The third kappa shape index (κ3) is 1.40. The molecule has 0 amide bonds. The van der Waals surface area contributed by atoms with E-state index in [1.165, 1.54) is 11.1 Å². The molecule has 3 heteroatoms. The predicted octanol–water partition coefficient (Wildman–Crippen LogP) is 1.70. The largest absolute Gasteiger partial charge is 0.330 e. The SMILES string of the molecule is Cc1ccn2cnc(C(C)CN)c2c1. The molecule has 0 saturated carbocycles. The van der Waals surface area contributed by atoms with Gasteiger partial charge in [0.15, 0.2) is 0 Å². The number of pyridine rings is 1. The van der Waals surface area contributed by atoms with Crippen LogP contribution in [0.5, 0.6) is 0 Å². The van der Waals surface area contributed by atoms with Gasteiger partial charge in [0.1, 0.15) is 0 Å². The summed E-state index contributed by atoms with van der Waals surface area (Å²) in [5, 5.41) is 0. The van der Waals surface area contributed by atoms with E-state index in [4.69, 9.17) is 5.73 Å². The first-order valence-corrected chi connectivity index (χ1v) is 4.85. The van der Waals surface area contributed by atoms with Crippen LogP contribution in [-0.4, -0.2) is 15.9 Å². The van der Waals surface area contributed by atoms with Gasteiger partial charge in [0.25, 0.3) is 0 Å². The monoisotopic (exact) mass is 189 g/mol. The van der Waals surface area contributed by atoms with E-state index in [0.717, 1.165) is 5.69 Å². The van der Waals surface area contributed by atoms with Crippen molar-refractivity contribution >= 4 is 5.52 Å². The second kappa shape index (κ2) is 3.42. The third-order valence-electron chi connectivity index (χ3n) is 2.54. The molecule has 0 bridgehead atoms. The van der Waals surface area contributed by atoms with Crippen molar-refractivity contribution in [2.45, 2.75) is 19.8 Å². The lowest BCUT2D eigenvalue weighted by Crippen LogP contribution is -2.09. The maximum Gasteiger partial charge on any atom is 0.0995 e. The molecule has 0 spiro atoms. The zero-order valence-corrected chi connectivity index (χ0v) is 8.57. The number of aryl methyl sites for hydroxylation is 1. The van der Waals surface area contributed by atoms with Gasteiger partial charge in [-0.15, -0.1) is 0 Å². The van der Waals surface area contributed by atoms with Crippen LogP contribution >= 0.6 is 0 Å². The first-order chi connectivity index (χ1) is 6.72.